The van der Waals surface area contributed by atoms with E-state index in [9.17, 15) is 9.59 Å². The van der Waals surface area contributed by atoms with Gasteiger partial charge in [0.2, 0.25) is 11.9 Å². The molecule has 176 valence electrons. The van der Waals surface area contributed by atoms with E-state index >= 15 is 0 Å². The van der Waals surface area contributed by atoms with E-state index in [-0.39, 0.29) is 11.8 Å². The lowest BCUT2D eigenvalue weighted by molar-refractivity contribution is -0.128. The van der Waals surface area contributed by atoms with Gasteiger partial charge in [0.25, 0.3) is 5.91 Å². The molecule has 4 rings (SSSR count). The smallest absolute Gasteiger partial charge is 0.256 e. The zero-order valence-corrected chi connectivity index (χ0v) is 19.8. The molecule has 0 bridgehead atoms. The third-order valence-electron chi connectivity index (χ3n) is 5.94. The van der Waals surface area contributed by atoms with E-state index in [1.807, 2.05) is 56.3 Å². The van der Waals surface area contributed by atoms with Crippen molar-refractivity contribution in [1.29, 1.82) is 0 Å². The molecule has 1 aromatic heterocycles. The summed E-state index contributed by atoms with van der Waals surface area (Å²) in [6, 6.07) is 18.9. The summed E-state index contributed by atoms with van der Waals surface area (Å²) in [5, 5.41) is 5.96. The number of anilines is 2. The highest BCUT2D eigenvalue weighted by molar-refractivity contribution is 6.00. The van der Waals surface area contributed by atoms with Crippen LogP contribution in [0.3, 0.4) is 0 Å². The number of nitrogens with one attached hydrogen (secondary N) is 2. The normalized spacial score (nSPS) is 16.2. The molecule has 3 aromatic rings. The molecular weight excluding hydrogens is 428 g/mol. The molecule has 34 heavy (non-hydrogen) atoms. The van der Waals surface area contributed by atoms with Crippen molar-refractivity contribution in [3.63, 3.8) is 0 Å². The number of aromatic nitrogens is 2. The molecule has 8 heteroatoms. The van der Waals surface area contributed by atoms with Crippen molar-refractivity contribution in [1.82, 2.24) is 25.1 Å². The third kappa shape index (κ3) is 5.40. The minimum Gasteiger partial charge on any atom is -0.358 e. The number of amides is 2. The van der Waals surface area contributed by atoms with Crippen molar-refractivity contribution >= 4 is 23.5 Å². The molecule has 0 unspecified atom stereocenters. The van der Waals surface area contributed by atoms with Crippen LogP contribution < -0.4 is 10.6 Å². The molecule has 2 N–H and O–H groups in total. The fraction of sp³-hybridized carbons (Fsp3) is 0.308. The largest absolute Gasteiger partial charge is 0.358 e. The molecule has 8 nitrogen and oxygen atoms in total. The summed E-state index contributed by atoms with van der Waals surface area (Å²) in [4.78, 5) is 39.0. The molecule has 1 atom stereocenters. The Morgan fingerprint density at radius 1 is 0.971 bits per heavy atom. The Labute approximate surface area is 200 Å². The third-order valence-corrected chi connectivity index (χ3v) is 5.94. The topological polar surface area (TPSA) is 90.5 Å². The van der Waals surface area contributed by atoms with Crippen LogP contribution in [0.5, 0.6) is 0 Å². The van der Waals surface area contributed by atoms with Crippen LogP contribution in [-0.4, -0.2) is 64.3 Å². The second-order valence-electron chi connectivity index (χ2n) is 8.48. The number of carbonyl (C=O) groups excluding carboxylic acids is 2. The van der Waals surface area contributed by atoms with Gasteiger partial charge < -0.3 is 15.5 Å². The van der Waals surface area contributed by atoms with E-state index in [1.165, 1.54) is 0 Å². The first-order chi connectivity index (χ1) is 16.4. The number of hydrogen-bond acceptors (Lipinski definition) is 6. The maximum atomic E-state index is 13.6. The van der Waals surface area contributed by atoms with Crippen LogP contribution in [0.2, 0.25) is 0 Å². The van der Waals surface area contributed by atoms with E-state index in [4.69, 9.17) is 0 Å². The molecule has 0 spiro atoms. The molecule has 2 aromatic carbocycles. The van der Waals surface area contributed by atoms with E-state index in [0.717, 1.165) is 17.0 Å². The minimum absolute atomic E-state index is 0.0940. The highest BCUT2D eigenvalue weighted by Gasteiger charge is 2.34. The first-order valence-electron chi connectivity index (χ1n) is 11.4. The summed E-state index contributed by atoms with van der Waals surface area (Å²) >= 11 is 0. The summed E-state index contributed by atoms with van der Waals surface area (Å²) in [7, 11) is 1.63. The number of aryl methyl sites for hydroxylation is 2. The van der Waals surface area contributed by atoms with Crippen LogP contribution in [0.4, 0.5) is 11.6 Å². The molecule has 2 heterocycles. The molecule has 1 fully saturated rings. The van der Waals surface area contributed by atoms with Gasteiger partial charge in [-0.1, -0.05) is 42.5 Å². The number of benzene rings is 2. The average molecular weight is 459 g/mol. The summed E-state index contributed by atoms with van der Waals surface area (Å²) < 4.78 is 0. The molecule has 1 aliphatic heterocycles. The van der Waals surface area contributed by atoms with Gasteiger partial charge in [0, 0.05) is 44.6 Å². The lowest BCUT2D eigenvalue weighted by Crippen LogP contribution is -2.59. The number of rotatable bonds is 6. The van der Waals surface area contributed by atoms with Gasteiger partial charge in [-0.3, -0.25) is 14.5 Å². The van der Waals surface area contributed by atoms with Crippen molar-refractivity contribution in [3.8, 4) is 0 Å². The van der Waals surface area contributed by atoms with Crippen molar-refractivity contribution < 1.29 is 9.59 Å². The Bertz CT molecular complexity index is 1150. The van der Waals surface area contributed by atoms with Gasteiger partial charge in [-0.15, -0.1) is 0 Å². The maximum absolute atomic E-state index is 13.6. The predicted molar refractivity (Wildman–Crippen MR) is 132 cm³/mol. The standard InChI is InChI=1S/C26H30N6O2/c1-18-15-19(2)29-26(28-18)30-22-12-8-7-11-21(22)25(34)32-14-13-31(23(17-32)24(33)27-3)16-20-9-5-4-6-10-20/h4-12,15,23H,13-14,16-17H2,1-3H3,(H,27,33)(H,28,29,30)/t23-/m1/s1. The number of nitrogens with zero attached hydrogens (tertiary/aromatic N) is 4. The highest BCUT2D eigenvalue weighted by Crippen LogP contribution is 2.23. The molecule has 0 saturated carbocycles. The van der Waals surface area contributed by atoms with Gasteiger partial charge in [0.05, 0.1) is 11.3 Å². The van der Waals surface area contributed by atoms with Gasteiger partial charge in [-0.05, 0) is 37.6 Å². The SMILES string of the molecule is CNC(=O)[C@H]1CN(C(=O)c2ccccc2Nc2nc(C)cc(C)n2)CCN1Cc1ccccc1. The second-order valence-corrected chi connectivity index (χ2v) is 8.48. The Hall–Kier alpha value is -3.78. The Morgan fingerprint density at radius 2 is 1.65 bits per heavy atom. The molecule has 2 amide bonds. The van der Waals surface area contributed by atoms with Crippen LogP contribution in [0.15, 0.2) is 60.7 Å². The lowest BCUT2D eigenvalue weighted by atomic mass is 10.1. The molecule has 0 aliphatic carbocycles. The van der Waals surface area contributed by atoms with Crippen molar-refractivity contribution in [2.75, 3.05) is 32.0 Å². The maximum Gasteiger partial charge on any atom is 0.256 e. The van der Waals surface area contributed by atoms with Gasteiger partial charge >= 0.3 is 0 Å². The number of para-hydroxylation sites is 1. The zero-order chi connectivity index (χ0) is 24.1. The fourth-order valence-corrected chi connectivity index (χ4v) is 4.28. The summed E-state index contributed by atoms with van der Waals surface area (Å²) in [5.41, 5.74) is 4.00. The van der Waals surface area contributed by atoms with Crippen LogP contribution in [0, 0.1) is 13.8 Å². The van der Waals surface area contributed by atoms with Crippen LogP contribution >= 0.6 is 0 Å². The monoisotopic (exact) mass is 458 g/mol. The second kappa shape index (κ2) is 10.4. The van der Waals surface area contributed by atoms with E-state index in [0.29, 0.717) is 43.4 Å². The lowest BCUT2D eigenvalue weighted by Gasteiger charge is -2.40. The van der Waals surface area contributed by atoms with Gasteiger partial charge in [-0.25, -0.2) is 9.97 Å². The fourth-order valence-electron chi connectivity index (χ4n) is 4.28. The van der Waals surface area contributed by atoms with Crippen LogP contribution in [0.25, 0.3) is 0 Å². The molecule has 0 radical (unpaired) electrons. The van der Waals surface area contributed by atoms with Crippen molar-refractivity contribution in [3.05, 3.63) is 83.2 Å². The van der Waals surface area contributed by atoms with Gasteiger partial charge in [0.15, 0.2) is 0 Å². The van der Waals surface area contributed by atoms with E-state index < -0.39 is 6.04 Å². The minimum atomic E-state index is -0.425. The van der Waals surface area contributed by atoms with Gasteiger partial charge in [0.1, 0.15) is 6.04 Å². The first-order valence-corrected chi connectivity index (χ1v) is 11.4. The molecular formula is C26H30N6O2. The van der Waals surface area contributed by atoms with Crippen LogP contribution in [-0.2, 0) is 11.3 Å². The Balaban J connectivity index is 1.53. The Kier molecular flexibility index (Phi) is 7.18. The first kappa shape index (κ1) is 23.4. The summed E-state index contributed by atoms with van der Waals surface area (Å²) in [5.74, 6) is 0.234. The zero-order valence-electron chi connectivity index (χ0n) is 19.8. The predicted octanol–water partition coefficient (Wildman–Crippen LogP) is 2.91. The highest BCUT2D eigenvalue weighted by atomic mass is 16.2. The quantitative estimate of drug-likeness (QED) is 0.590. The van der Waals surface area contributed by atoms with Crippen LogP contribution in [0.1, 0.15) is 27.3 Å². The van der Waals surface area contributed by atoms with E-state index in [1.54, 1.807) is 18.0 Å². The molecule has 1 aliphatic rings. The van der Waals surface area contributed by atoms with Gasteiger partial charge in [-0.2, -0.15) is 0 Å². The van der Waals surface area contributed by atoms with Crippen molar-refractivity contribution in [2.24, 2.45) is 0 Å². The molecule has 1 saturated heterocycles. The average Bonchev–Trinajstić information content (AvgIpc) is 2.84. The summed E-state index contributed by atoms with van der Waals surface area (Å²) in [6.07, 6.45) is 0. The summed E-state index contributed by atoms with van der Waals surface area (Å²) in [6.45, 7) is 5.93. The van der Waals surface area contributed by atoms with E-state index in [2.05, 4.69) is 37.6 Å². The number of likely N-dealkylation sites (N-methyl/N-ethyl adjacent to an activating group) is 1. The Morgan fingerprint density at radius 3 is 2.35 bits per heavy atom. The van der Waals surface area contributed by atoms with Crippen molar-refractivity contribution in [2.45, 2.75) is 26.4 Å². The number of hydrogen-bond donors (Lipinski definition) is 2. The number of piperazine rings is 1. The number of carbonyl (C=O) groups is 2.